The Morgan fingerprint density at radius 2 is 1.68 bits per heavy atom. The first-order valence-corrected chi connectivity index (χ1v) is 10.7. The molecular weight excluding hydrogens is 468 g/mol. The van der Waals surface area contributed by atoms with Gasteiger partial charge in [-0.1, -0.05) is 54.1 Å². The number of ketones is 1. The van der Waals surface area contributed by atoms with Gasteiger partial charge in [0, 0.05) is 5.03 Å². The molecular formula is C23H27ClN2O8. The molecule has 2 fully saturated rings. The second-order valence-electron chi connectivity index (χ2n) is 7.56. The fraction of sp³-hybridized carbons (Fsp3) is 0.348. The number of nitrogens with zero attached hydrogens (tertiary/aromatic N) is 1. The van der Waals surface area contributed by atoms with Gasteiger partial charge < -0.3 is 30.9 Å². The Hall–Kier alpha value is -3.02. The van der Waals surface area contributed by atoms with Crippen LogP contribution in [0.5, 0.6) is 0 Å². The second kappa shape index (κ2) is 12.4. The molecule has 0 aliphatic carbocycles. The Labute approximate surface area is 201 Å². The summed E-state index contributed by atoms with van der Waals surface area (Å²) in [6, 6.07) is -1.45. The molecule has 6 N–H and O–H groups in total. The lowest BCUT2D eigenvalue weighted by Gasteiger charge is -2.41. The molecule has 0 aromatic heterocycles. The van der Waals surface area contributed by atoms with Gasteiger partial charge in [-0.05, 0) is 19.1 Å². The maximum Gasteiger partial charge on any atom is 0.264 e. The van der Waals surface area contributed by atoms with E-state index in [2.05, 4.69) is 0 Å². The summed E-state index contributed by atoms with van der Waals surface area (Å²) < 4.78 is 5.27. The minimum Gasteiger partial charge on any atom is -0.507 e. The van der Waals surface area contributed by atoms with Crippen molar-refractivity contribution in [1.82, 2.24) is 4.90 Å². The zero-order valence-electron chi connectivity index (χ0n) is 18.3. The molecule has 10 nitrogen and oxygen atoms in total. The third kappa shape index (κ3) is 6.75. The number of amides is 2. The predicted octanol–water partition coefficient (Wildman–Crippen LogP) is 0.260. The van der Waals surface area contributed by atoms with E-state index < -0.39 is 72.5 Å². The van der Waals surface area contributed by atoms with E-state index in [1.165, 1.54) is 12.2 Å². The van der Waals surface area contributed by atoms with Crippen LogP contribution >= 0.6 is 11.6 Å². The van der Waals surface area contributed by atoms with Crippen LogP contribution < -0.4 is 5.73 Å². The Morgan fingerprint density at radius 1 is 1.09 bits per heavy atom. The van der Waals surface area contributed by atoms with Gasteiger partial charge in [-0.15, -0.1) is 0 Å². The molecule has 2 unspecified atom stereocenters. The average Bonchev–Trinajstić information content (AvgIpc) is 2.99. The highest BCUT2D eigenvalue weighted by atomic mass is 35.5. The molecule has 2 saturated heterocycles. The highest BCUT2D eigenvalue weighted by molar-refractivity contribution is 6.29. The first-order valence-electron chi connectivity index (χ1n) is 10.3. The van der Waals surface area contributed by atoms with Gasteiger partial charge in [0.05, 0.1) is 13.0 Å². The number of Topliss-reactive ketones (excluding diaryl/α,β-unsaturated/α-hetero) is 1. The Morgan fingerprint density at radius 3 is 2.26 bits per heavy atom. The van der Waals surface area contributed by atoms with Crippen molar-refractivity contribution in [2.24, 2.45) is 5.73 Å². The largest absolute Gasteiger partial charge is 0.507 e. The molecule has 184 valence electrons. The summed E-state index contributed by atoms with van der Waals surface area (Å²) in [4.78, 5) is 38.1. The number of likely N-dealkylation sites (tertiary alicyclic amines) is 1. The Balaban J connectivity index is 2.23. The molecule has 0 bridgehead atoms. The van der Waals surface area contributed by atoms with Crippen molar-refractivity contribution in [3.63, 3.8) is 0 Å². The summed E-state index contributed by atoms with van der Waals surface area (Å²) in [5.74, 6) is -3.46. The van der Waals surface area contributed by atoms with Gasteiger partial charge in [-0.25, -0.2) is 0 Å². The summed E-state index contributed by atoms with van der Waals surface area (Å²) in [5.41, 5.74) is 4.59. The maximum atomic E-state index is 13.0. The van der Waals surface area contributed by atoms with Crippen molar-refractivity contribution in [2.45, 2.75) is 43.9 Å². The number of carbonyl (C=O) groups excluding carboxylic acids is 3. The molecule has 0 saturated carbocycles. The van der Waals surface area contributed by atoms with E-state index in [1.807, 2.05) is 0 Å². The molecule has 2 heterocycles. The van der Waals surface area contributed by atoms with Crippen LogP contribution in [0, 0.1) is 0 Å². The van der Waals surface area contributed by atoms with E-state index in [4.69, 9.17) is 22.1 Å². The van der Waals surface area contributed by atoms with E-state index in [0.717, 1.165) is 11.0 Å². The molecule has 34 heavy (non-hydrogen) atoms. The summed E-state index contributed by atoms with van der Waals surface area (Å²) in [5, 5.41) is 40.9. The number of primary amides is 1. The van der Waals surface area contributed by atoms with Gasteiger partial charge in [0.1, 0.15) is 35.7 Å². The summed E-state index contributed by atoms with van der Waals surface area (Å²) in [7, 11) is 0. The number of ether oxygens (including phenoxy) is 1. The van der Waals surface area contributed by atoms with E-state index in [-0.39, 0.29) is 0 Å². The maximum absolute atomic E-state index is 13.0. The fourth-order valence-electron chi connectivity index (χ4n) is 3.35. The highest BCUT2D eigenvalue weighted by Gasteiger charge is 2.53. The van der Waals surface area contributed by atoms with Crippen molar-refractivity contribution in [2.75, 3.05) is 6.61 Å². The number of rotatable bonds is 8. The Bertz CT molecular complexity index is 977. The zero-order valence-corrected chi connectivity index (χ0v) is 19.1. The number of halogens is 1. The van der Waals surface area contributed by atoms with Crippen molar-refractivity contribution in [3.8, 4) is 0 Å². The van der Waals surface area contributed by atoms with Crippen LogP contribution in [-0.4, -0.2) is 80.1 Å². The quantitative estimate of drug-likeness (QED) is 0.138. The van der Waals surface area contributed by atoms with Crippen molar-refractivity contribution < 1.29 is 39.5 Å². The number of aliphatic hydroxyl groups excluding tert-OH is 4. The van der Waals surface area contributed by atoms with Crippen molar-refractivity contribution in [1.29, 1.82) is 0 Å². The smallest absolute Gasteiger partial charge is 0.264 e. The predicted molar refractivity (Wildman–Crippen MR) is 123 cm³/mol. The Kier molecular flexibility index (Phi) is 9.97. The van der Waals surface area contributed by atoms with Gasteiger partial charge in [0.25, 0.3) is 5.91 Å². The van der Waals surface area contributed by atoms with Gasteiger partial charge >= 0.3 is 0 Å². The molecule has 0 aromatic carbocycles. The van der Waals surface area contributed by atoms with Crippen LogP contribution in [0.2, 0.25) is 0 Å². The third-order valence-corrected chi connectivity index (χ3v) is 5.10. The van der Waals surface area contributed by atoms with E-state index in [1.54, 1.807) is 43.4 Å². The van der Waals surface area contributed by atoms with Crippen LogP contribution in [-0.2, 0) is 19.1 Å². The van der Waals surface area contributed by atoms with E-state index >= 15 is 0 Å². The summed E-state index contributed by atoms with van der Waals surface area (Å²) in [6.45, 7) is 1.32. The lowest BCUT2D eigenvalue weighted by Crippen LogP contribution is -2.61. The molecule has 0 aromatic rings. The van der Waals surface area contributed by atoms with Crippen LogP contribution in [0.25, 0.3) is 0 Å². The average molecular weight is 495 g/mol. The van der Waals surface area contributed by atoms with Crippen LogP contribution in [0.1, 0.15) is 13.3 Å². The van der Waals surface area contributed by atoms with E-state index in [9.17, 15) is 34.8 Å². The monoisotopic (exact) mass is 494 g/mol. The van der Waals surface area contributed by atoms with Crippen molar-refractivity contribution >= 4 is 29.2 Å². The number of nitrogens with two attached hydrogens (primary N) is 1. The normalized spacial score (nSPS) is 30.6. The fourth-order valence-corrected chi connectivity index (χ4v) is 3.43. The minimum atomic E-state index is -1.76. The molecule has 2 aliphatic heterocycles. The van der Waals surface area contributed by atoms with Gasteiger partial charge in [0.15, 0.2) is 12.0 Å². The molecule has 5 atom stereocenters. The standard InChI is InChI=1S/C23H27ClN2O8/c1-13(24)9-7-5-3-2-4-6-8-10-15(27)18-19(30)14(11-17(25)29)26(22(18)33)23-21(32)20(31)16(28)12-34-23/h2-10,14,16,20-21,23,27-28,31-32H,11-12H2,1H3,(H2,25,29)/b3-2+,6-4+,7-5+,10-8+,13-9-,18-15-/t14-,16+,20?,21?,23+/m0/s1. The zero-order chi connectivity index (χ0) is 25.4. The molecule has 0 radical (unpaired) electrons. The highest BCUT2D eigenvalue weighted by Crippen LogP contribution is 2.31. The number of allylic oxidation sites excluding steroid dienone is 10. The van der Waals surface area contributed by atoms with Crippen LogP contribution in [0.3, 0.4) is 0 Å². The number of aliphatic hydroxyl groups is 4. The third-order valence-electron chi connectivity index (χ3n) is 4.98. The minimum absolute atomic E-state index is 0.426. The summed E-state index contributed by atoms with van der Waals surface area (Å²) in [6.07, 6.45) is 7.37. The molecule has 2 aliphatic rings. The summed E-state index contributed by atoms with van der Waals surface area (Å²) >= 11 is 5.69. The SMILES string of the molecule is C/C(Cl)=C/C=C/C=C/C=C/C=C/C(O)=C1\C(=O)[C@H](CC(N)=O)N([C@@H]2OC[C@@H](O)C(O)C2O)C1=O. The van der Waals surface area contributed by atoms with Crippen molar-refractivity contribution in [3.05, 3.63) is 71.0 Å². The number of hydrogen-bond acceptors (Lipinski definition) is 8. The first kappa shape index (κ1) is 27.2. The van der Waals surface area contributed by atoms with Gasteiger partial charge in [0.2, 0.25) is 5.91 Å². The number of hydrogen-bond donors (Lipinski definition) is 5. The second-order valence-corrected chi connectivity index (χ2v) is 8.16. The van der Waals surface area contributed by atoms with Gasteiger partial charge in [-0.3, -0.25) is 19.3 Å². The number of carbonyl (C=O) groups is 3. The molecule has 2 rings (SSSR count). The van der Waals surface area contributed by atoms with E-state index in [0.29, 0.717) is 5.03 Å². The lowest BCUT2D eigenvalue weighted by atomic mass is 10.0. The molecule has 0 spiro atoms. The lowest BCUT2D eigenvalue weighted by molar-refractivity contribution is -0.229. The first-order chi connectivity index (χ1) is 16.1. The topological polar surface area (TPSA) is 171 Å². The van der Waals surface area contributed by atoms with Gasteiger partial charge in [-0.2, -0.15) is 0 Å². The van der Waals surface area contributed by atoms with Crippen LogP contribution in [0.4, 0.5) is 0 Å². The molecule has 11 heteroatoms. The molecule has 2 amide bonds. The van der Waals surface area contributed by atoms with Crippen LogP contribution in [0.15, 0.2) is 71.0 Å².